The third kappa shape index (κ3) is 4.10. The zero-order valence-electron chi connectivity index (χ0n) is 16.6. The lowest BCUT2D eigenvalue weighted by atomic mass is 9.88. The van der Waals surface area contributed by atoms with E-state index in [0.29, 0.717) is 23.0 Å². The molecule has 1 N–H and O–H groups in total. The molecule has 1 aliphatic carbocycles. The first-order chi connectivity index (χ1) is 14.2. The number of fused-ring (bicyclic) bond motifs is 1. The lowest BCUT2D eigenvalue weighted by molar-refractivity contribution is -0.137. The fourth-order valence-corrected chi connectivity index (χ4v) is 3.68. The highest BCUT2D eigenvalue weighted by molar-refractivity contribution is 6.03. The standard InChI is InChI=1S/C21H21F3N4O2/c1-12-6-7-17-16(8-12)19(27-30-17)20(29)25-18-9-13(2)28(26-18)11-14-4-3-5-15(10-14)21(22,23)24/h3-5,9-10,12H,6-8,11H2,1-2H3,(H,25,26,29). The van der Waals surface area contributed by atoms with Gasteiger partial charge in [-0.3, -0.25) is 9.48 Å². The number of alkyl halides is 3. The highest BCUT2D eigenvalue weighted by Crippen LogP contribution is 2.30. The van der Waals surface area contributed by atoms with E-state index >= 15 is 0 Å². The van der Waals surface area contributed by atoms with Crippen LogP contribution >= 0.6 is 0 Å². The Kier molecular flexibility index (Phi) is 5.13. The summed E-state index contributed by atoms with van der Waals surface area (Å²) in [7, 11) is 0. The molecule has 0 saturated heterocycles. The van der Waals surface area contributed by atoms with Crippen molar-refractivity contribution in [1.29, 1.82) is 0 Å². The van der Waals surface area contributed by atoms with Gasteiger partial charge in [0.2, 0.25) is 0 Å². The molecule has 0 radical (unpaired) electrons. The summed E-state index contributed by atoms with van der Waals surface area (Å²) in [6, 6.07) is 6.78. The van der Waals surface area contributed by atoms with Crippen molar-refractivity contribution in [2.24, 2.45) is 5.92 Å². The molecule has 0 bridgehead atoms. The molecule has 2 heterocycles. The SMILES string of the molecule is Cc1cc(NC(=O)c2noc3c2CC(C)CC3)nn1Cc1cccc(C(F)(F)F)c1. The molecule has 9 heteroatoms. The van der Waals surface area contributed by atoms with Gasteiger partial charge in [0.25, 0.3) is 5.91 Å². The summed E-state index contributed by atoms with van der Waals surface area (Å²) in [6.07, 6.45) is -1.89. The lowest BCUT2D eigenvalue weighted by Gasteiger charge is -2.16. The predicted molar refractivity (Wildman–Crippen MR) is 103 cm³/mol. The van der Waals surface area contributed by atoms with Crippen LogP contribution < -0.4 is 5.32 Å². The van der Waals surface area contributed by atoms with Crippen LogP contribution in [0.5, 0.6) is 0 Å². The summed E-state index contributed by atoms with van der Waals surface area (Å²) >= 11 is 0. The number of benzene rings is 1. The second-order valence-electron chi connectivity index (χ2n) is 7.76. The van der Waals surface area contributed by atoms with Gasteiger partial charge in [-0.05, 0) is 43.4 Å². The Morgan fingerprint density at radius 3 is 2.90 bits per heavy atom. The van der Waals surface area contributed by atoms with Gasteiger partial charge in [-0.25, -0.2) is 0 Å². The van der Waals surface area contributed by atoms with Gasteiger partial charge in [0, 0.05) is 23.7 Å². The minimum Gasteiger partial charge on any atom is -0.360 e. The summed E-state index contributed by atoms with van der Waals surface area (Å²) in [4.78, 5) is 12.7. The van der Waals surface area contributed by atoms with Crippen molar-refractivity contribution in [3.8, 4) is 0 Å². The summed E-state index contributed by atoms with van der Waals surface area (Å²) in [6.45, 7) is 4.05. The van der Waals surface area contributed by atoms with E-state index in [4.69, 9.17) is 4.52 Å². The number of halogens is 3. The van der Waals surface area contributed by atoms with E-state index in [1.807, 2.05) is 0 Å². The molecule has 1 aliphatic rings. The molecule has 1 aromatic carbocycles. The molecule has 4 rings (SSSR count). The molecule has 3 aromatic rings. The van der Waals surface area contributed by atoms with Crippen LogP contribution in [0.2, 0.25) is 0 Å². The molecule has 2 aromatic heterocycles. The second kappa shape index (κ2) is 7.62. The summed E-state index contributed by atoms with van der Waals surface area (Å²) < 4.78 is 45.6. The maximum Gasteiger partial charge on any atom is 0.416 e. The zero-order chi connectivity index (χ0) is 21.5. The molecular formula is C21H21F3N4O2. The van der Waals surface area contributed by atoms with E-state index in [2.05, 4.69) is 22.5 Å². The van der Waals surface area contributed by atoms with E-state index in [9.17, 15) is 18.0 Å². The van der Waals surface area contributed by atoms with Crippen LogP contribution in [0.1, 0.15) is 52.0 Å². The minimum atomic E-state index is -4.40. The molecule has 6 nitrogen and oxygen atoms in total. The monoisotopic (exact) mass is 418 g/mol. The predicted octanol–water partition coefficient (Wildman–Crippen LogP) is 4.62. The number of rotatable bonds is 4. The van der Waals surface area contributed by atoms with Gasteiger partial charge in [0.15, 0.2) is 11.5 Å². The number of nitrogens with zero attached hydrogens (tertiary/aromatic N) is 3. The van der Waals surface area contributed by atoms with Crippen LogP contribution in [0.15, 0.2) is 34.9 Å². The Balaban J connectivity index is 1.50. The quantitative estimate of drug-likeness (QED) is 0.671. The van der Waals surface area contributed by atoms with E-state index in [-0.39, 0.29) is 12.2 Å². The molecular weight excluding hydrogens is 397 g/mol. The minimum absolute atomic E-state index is 0.155. The van der Waals surface area contributed by atoms with Crippen molar-refractivity contribution in [2.75, 3.05) is 5.32 Å². The Morgan fingerprint density at radius 1 is 1.33 bits per heavy atom. The Hall–Kier alpha value is -3.10. The van der Waals surface area contributed by atoms with E-state index in [1.54, 1.807) is 23.7 Å². The molecule has 30 heavy (non-hydrogen) atoms. The largest absolute Gasteiger partial charge is 0.416 e. The van der Waals surface area contributed by atoms with Gasteiger partial charge in [0.05, 0.1) is 12.1 Å². The first-order valence-electron chi connectivity index (χ1n) is 9.70. The summed E-state index contributed by atoms with van der Waals surface area (Å²) in [5.74, 6) is 1.12. The Labute approximate surface area is 171 Å². The van der Waals surface area contributed by atoms with Crippen LogP contribution in [0.4, 0.5) is 19.0 Å². The van der Waals surface area contributed by atoms with Gasteiger partial charge in [-0.15, -0.1) is 0 Å². The number of aromatic nitrogens is 3. The topological polar surface area (TPSA) is 73.0 Å². The zero-order valence-corrected chi connectivity index (χ0v) is 16.6. The summed E-state index contributed by atoms with van der Waals surface area (Å²) in [5.41, 5.74) is 1.57. The number of aryl methyl sites for hydroxylation is 2. The number of hydrogen-bond acceptors (Lipinski definition) is 4. The molecule has 0 aliphatic heterocycles. The van der Waals surface area contributed by atoms with Crippen molar-refractivity contribution in [1.82, 2.24) is 14.9 Å². The number of hydrogen-bond donors (Lipinski definition) is 1. The molecule has 0 saturated carbocycles. The van der Waals surface area contributed by atoms with Crippen LogP contribution in [0.3, 0.4) is 0 Å². The van der Waals surface area contributed by atoms with Crippen LogP contribution in [-0.4, -0.2) is 20.8 Å². The highest BCUT2D eigenvalue weighted by atomic mass is 19.4. The molecule has 1 atom stereocenters. The first-order valence-corrected chi connectivity index (χ1v) is 9.70. The van der Waals surface area contributed by atoms with Crippen LogP contribution in [-0.2, 0) is 25.6 Å². The summed E-state index contributed by atoms with van der Waals surface area (Å²) in [5, 5.41) is 11.0. The average Bonchev–Trinajstić information content (AvgIpc) is 3.24. The third-order valence-corrected chi connectivity index (χ3v) is 5.31. The number of carbonyl (C=O) groups excluding carboxylic acids is 1. The van der Waals surface area contributed by atoms with E-state index < -0.39 is 17.6 Å². The lowest BCUT2D eigenvalue weighted by Crippen LogP contribution is -2.18. The van der Waals surface area contributed by atoms with Gasteiger partial charge in [-0.2, -0.15) is 18.3 Å². The molecule has 158 valence electrons. The molecule has 1 unspecified atom stereocenters. The van der Waals surface area contributed by atoms with Crippen LogP contribution in [0.25, 0.3) is 0 Å². The highest BCUT2D eigenvalue weighted by Gasteiger charge is 2.30. The third-order valence-electron chi connectivity index (χ3n) is 5.31. The van der Waals surface area contributed by atoms with Crippen LogP contribution in [0, 0.1) is 12.8 Å². The number of anilines is 1. The number of amides is 1. The van der Waals surface area contributed by atoms with Crippen molar-refractivity contribution in [2.45, 2.75) is 45.8 Å². The number of nitrogens with one attached hydrogen (secondary N) is 1. The van der Waals surface area contributed by atoms with Crippen molar-refractivity contribution in [3.63, 3.8) is 0 Å². The Bertz CT molecular complexity index is 1080. The Morgan fingerprint density at radius 2 is 2.13 bits per heavy atom. The fourth-order valence-electron chi connectivity index (χ4n) is 3.68. The maximum absolute atomic E-state index is 12.9. The number of carbonyl (C=O) groups is 1. The fraction of sp³-hybridized carbons (Fsp3) is 0.381. The second-order valence-corrected chi connectivity index (χ2v) is 7.76. The van der Waals surface area contributed by atoms with Gasteiger partial charge < -0.3 is 9.84 Å². The van der Waals surface area contributed by atoms with E-state index in [0.717, 1.165) is 42.7 Å². The van der Waals surface area contributed by atoms with Gasteiger partial charge >= 0.3 is 6.18 Å². The average molecular weight is 418 g/mol. The molecule has 0 spiro atoms. The molecule has 0 fully saturated rings. The smallest absolute Gasteiger partial charge is 0.360 e. The van der Waals surface area contributed by atoms with Crippen molar-refractivity contribution >= 4 is 11.7 Å². The van der Waals surface area contributed by atoms with E-state index in [1.165, 1.54) is 6.07 Å². The maximum atomic E-state index is 12.9. The molecule has 1 amide bonds. The normalized spacial score (nSPS) is 16.4. The van der Waals surface area contributed by atoms with Gasteiger partial charge in [0.1, 0.15) is 5.76 Å². The van der Waals surface area contributed by atoms with Crippen molar-refractivity contribution < 1.29 is 22.5 Å². The first kappa shape index (κ1) is 20.2. The van der Waals surface area contributed by atoms with Crippen molar-refractivity contribution in [3.05, 3.63) is 64.2 Å². The van der Waals surface area contributed by atoms with Gasteiger partial charge in [-0.1, -0.05) is 24.2 Å².